The van der Waals surface area contributed by atoms with E-state index in [0.717, 1.165) is 43.2 Å². The second-order valence-corrected chi connectivity index (χ2v) is 6.40. The molecule has 3 atom stereocenters. The quantitative estimate of drug-likeness (QED) is 0.840. The van der Waals surface area contributed by atoms with Crippen LogP contribution in [0.25, 0.3) is 0 Å². The lowest BCUT2D eigenvalue weighted by atomic mass is 9.93. The first-order chi connectivity index (χ1) is 11.2. The topological polar surface area (TPSA) is 75.6 Å². The van der Waals surface area contributed by atoms with E-state index in [2.05, 4.69) is 5.32 Å². The van der Waals surface area contributed by atoms with Gasteiger partial charge in [0.15, 0.2) is 6.10 Å². The molecule has 23 heavy (non-hydrogen) atoms. The van der Waals surface area contributed by atoms with Crippen LogP contribution in [0.15, 0.2) is 24.3 Å². The van der Waals surface area contributed by atoms with Crippen molar-refractivity contribution < 1.29 is 19.4 Å². The van der Waals surface area contributed by atoms with Crippen LogP contribution in [0.1, 0.15) is 49.3 Å². The molecule has 3 rings (SSSR count). The number of nitrogens with one attached hydrogen (secondary N) is 1. The van der Waals surface area contributed by atoms with Gasteiger partial charge in [0.05, 0.1) is 12.5 Å². The molecule has 0 bridgehead atoms. The Kier molecular flexibility index (Phi) is 4.96. The molecule has 1 saturated carbocycles. The second kappa shape index (κ2) is 7.13. The molecule has 0 spiro atoms. The fourth-order valence-electron chi connectivity index (χ4n) is 3.65. The first-order valence-electron chi connectivity index (χ1n) is 8.39. The van der Waals surface area contributed by atoms with Crippen LogP contribution < -0.4 is 5.32 Å². The van der Waals surface area contributed by atoms with Gasteiger partial charge in [-0.1, -0.05) is 43.5 Å². The molecule has 0 radical (unpaired) electrons. The molecule has 1 aromatic rings. The summed E-state index contributed by atoms with van der Waals surface area (Å²) in [6.07, 6.45) is 4.42. The normalized spacial score (nSPS) is 27.6. The van der Waals surface area contributed by atoms with Crippen molar-refractivity contribution in [3.63, 3.8) is 0 Å². The number of benzene rings is 1. The highest BCUT2D eigenvalue weighted by atomic mass is 16.5. The number of hydrogen-bond acceptors (Lipinski definition) is 3. The van der Waals surface area contributed by atoms with Gasteiger partial charge in [-0.05, 0) is 30.4 Å². The average molecular weight is 317 g/mol. The van der Waals surface area contributed by atoms with E-state index in [-0.39, 0.29) is 11.9 Å². The number of ether oxygens (including phenoxy) is 1. The Balaban J connectivity index is 1.74. The lowest BCUT2D eigenvalue weighted by Crippen LogP contribution is -2.45. The third-order valence-electron chi connectivity index (χ3n) is 4.89. The maximum Gasteiger partial charge on any atom is 0.308 e. The van der Waals surface area contributed by atoms with Crippen molar-refractivity contribution in [1.29, 1.82) is 0 Å². The van der Waals surface area contributed by atoms with Gasteiger partial charge in [0.25, 0.3) is 5.91 Å². The standard InChI is InChI=1S/C18H23NO4/c20-17(16-13-7-5-4-6-12(13)10-11-23-16)19-15-9-3-1-2-8-14(15)18(21)22/h4-7,14-16H,1-3,8-11H2,(H,19,20)(H,21,22)/t14-,15+,16?/m1/s1. The second-order valence-electron chi connectivity index (χ2n) is 6.40. The number of amides is 1. The fraction of sp³-hybridized carbons (Fsp3) is 0.556. The number of carboxylic acids is 1. The zero-order valence-corrected chi connectivity index (χ0v) is 13.2. The molecular formula is C18H23NO4. The average Bonchev–Trinajstić information content (AvgIpc) is 2.79. The van der Waals surface area contributed by atoms with Crippen molar-refractivity contribution in [2.75, 3.05) is 6.61 Å². The molecule has 1 amide bonds. The van der Waals surface area contributed by atoms with E-state index in [1.807, 2.05) is 24.3 Å². The van der Waals surface area contributed by atoms with E-state index >= 15 is 0 Å². The van der Waals surface area contributed by atoms with E-state index in [0.29, 0.717) is 13.0 Å². The smallest absolute Gasteiger partial charge is 0.308 e. The molecule has 2 N–H and O–H groups in total. The van der Waals surface area contributed by atoms with Crippen LogP contribution in [0.5, 0.6) is 0 Å². The predicted molar refractivity (Wildman–Crippen MR) is 85.0 cm³/mol. The number of carboxylic acid groups (broad SMARTS) is 1. The summed E-state index contributed by atoms with van der Waals surface area (Å²) in [7, 11) is 0. The van der Waals surface area contributed by atoms with Crippen LogP contribution in [0.3, 0.4) is 0 Å². The summed E-state index contributed by atoms with van der Waals surface area (Å²) in [4.78, 5) is 24.2. The Labute approximate surface area is 136 Å². The highest BCUT2D eigenvalue weighted by Crippen LogP contribution is 2.29. The largest absolute Gasteiger partial charge is 0.481 e. The van der Waals surface area contributed by atoms with E-state index in [4.69, 9.17) is 4.74 Å². The van der Waals surface area contributed by atoms with Crippen molar-refractivity contribution in [3.8, 4) is 0 Å². The maximum absolute atomic E-state index is 12.7. The molecule has 1 aromatic carbocycles. The Morgan fingerprint density at radius 1 is 1.13 bits per heavy atom. The van der Waals surface area contributed by atoms with Crippen LogP contribution in [0.4, 0.5) is 0 Å². The molecule has 0 aromatic heterocycles. The Morgan fingerprint density at radius 2 is 1.91 bits per heavy atom. The number of carbonyl (C=O) groups is 2. The summed E-state index contributed by atoms with van der Waals surface area (Å²) in [6.45, 7) is 0.516. The predicted octanol–water partition coefficient (Wildman–Crippen LogP) is 2.45. The molecule has 124 valence electrons. The van der Waals surface area contributed by atoms with Gasteiger partial charge >= 0.3 is 5.97 Å². The Bertz CT molecular complexity index is 586. The van der Waals surface area contributed by atoms with Crippen molar-refractivity contribution in [3.05, 3.63) is 35.4 Å². The minimum Gasteiger partial charge on any atom is -0.481 e. The zero-order valence-electron chi connectivity index (χ0n) is 13.2. The van der Waals surface area contributed by atoms with E-state index < -0.39 is 18.0 Å². The van der Waals surface area contributed by atoms with Crippen LogP contribution >= 0.6 is 0 Å². The third kappa shape index (κ3) is 3.55. The molecule has 2 aliphatic rings. The number of aliphatic carboxylic acids is 1. The first kappa shape index (κ1) is 16.0. The van der Waals surface area contributed by atoms with Gasteiger partial charge in [-0.15, -0.1) is 0 Å². The van der Waals surface area contributed by atoms with Gasteiger partial charge in [0.1, 0.15) is 0 Å². The summed E-state index contributed by atoms with van der Waals surface area (Å²) < 4.78 is 5.68. The van der Waals surface area contributed by atoms with Gasteiger partial charge in [-0.25, -0.2) is 0 Å². The molecular weight excluding hydrogens is 294 g/mol. The number of rotatable bonds is 3. The van der Waals surface area contributed by atoms with Gasteiger partial charge < -0.3 is 15.2 Å². The van der Waals surface area contributed by atoms with E-state index in [1.165, 1.54) is 0 Å². The minimum atomic E-state index is -0.817. The summed E-state index contributed by atoms with van der Waals surface area (Å²) in [6, 6.07) is 7.49. The highest BCUT2D eigenvalue weighted by molar-refractivity contribution is 5.84. The monoisotopic (exact) mass is 317 g/mol. The van der Waals surface area contributed by atoms with Crippen LogP contribution in [0.2, 0.25) is 0 Å². The Hall–Kier alpha value is -1.88. The molecule has 1 aliphatic carbocycles. The van der Waals surface area contributed by atoms with Crippen molar-refractivity contribution in [1.82, 2.24) is 5.32 Å². The summed E-state index contributed by atoms with van der Waals surface area (Å²) in [5.41, 5.74) is 2.03. The summed E-state index contributed by atoms with van der Waals surface area (Å²) >= 11 is 0. The maximum atomic E-state index is 12.7. The molecule has 1 unspecified atom stereocenters. The van der Waals surface area contributed by atoms with Gasteiger partial charge in [0, 0.05) is 6.04 Å². The number of fused-ring (bicyclic) bond motifs is 1. The van der Waals surface area contributed by atoms with E-state index in [9.17, 15) is 14.7 Å². The van der Waals surface area contributed by atoms with Gasteiger partial charge in [0.2, 0.25) is 0 Å². The molecule has 1 fully saturated rings. The molecule has 5 nitrogen and oxygen atoms in total. The summed E-state index contributed by atoms with van der Waals surface area (Å²) in [5, 5.41) is 12.4. The van der Waals surface area contributed by atoms with Crippen molar-refractivity contribution in [2.45, 2.75) is 50.7 Å². The highest BCUT2D eigenvalue weighted by Gasteiger charge is 2.34. The molecule has 0 saturated heterocycles. The zero-order chi connectivity index (χ0) is 16.2. The SMILES string of the molecule is O=C(N[C@H]1CCCCC[C@H]1C(=O)O)C1OCCc2ccccc21. The summed E-state index contributed by atoms with van der Waals surface area (Å²) in [5.74, 6) is -1.53. The minimum absolute atomic E-state index is 0.213. The van der Waals surface area contributed by atoms with Gasteiger partial charge in [-0.2, -0.15) is 0 Å². The molecule has 5 heteroatoms. The lowest BCUT2D eigenvalue weighted by molar-refractivity contribution is -0.144. The Morgan fingerprint density at radius 3 is 2.74 bits per heavy atom. The van der Waals surface area contributed by atoms with Crippen LogP contribution in [-0.2, 0) is 20.7 Å². The van der Waals surface area contributed by atoms with E-state index in [1.54, 1.807) is 0 Å². The van der Waals surface area contributed by atoms with Crippen molar-refractivity contribution >= 4 is 11.9 Å². The molecule has 1 aliphatic heterocycles. The number of carbonyl (C=O) groups excluding carboxylic acids is 1. The van der Waals surface area contributed by atoms with Crippen molar-refractivity contribution in [2.24, 2.45) is 5.92 Å². The third-order valence-corrected chi connectivity index (χ3v) is 4.89. The van der Waals surface area contributed by atoms with Crippen LogP contribution in [0, 0.1) is 5.92 Å². The molecule has 1 heterocycles. The van der Waals surface area contributed by atoms with Crippen LogP contribution in [-0.4, -0.2) is 29.6 Å². The lowest BCUT2D eigenvalue weighted by Gasteiger charge is -2.29. The first-order valence-corrected chi connectivity index (χ1v) is 8.39. The fourth-order valence-corrected chi connectivity index (χ4v) is 3.65. The van der Waals surface area contributed by atoms with Gasteiger partial charge in [-0.3, -0.25) is 9.59 Å². The number of hydrogen-bond donors (Lipinski definition) is 2.